The van der Waals surface area contributed by atoms with Crippen molar-refractivity contribution in [3.63, 3.8) is 0 Å². The third kappa shape index (κ3) is 4.62. The van der Waals surface area contributed by atoms with E-state index in [2.05, 4.69) is 9.72 Å². The van der Waals surface area contributed by atoms with Crippen molar-refractivity contribution >= 4 is 11.5 Å². The Bertz CT molecular complexity index is 787. The van der Waals surface area contributed by atoms with E-state index in [0.29, 0.717) is 18.7 Å². The molecule has 0 aliphatic carbocycles. The SMILES string of the molecule is O=C(c1ccc(OCC(F)(F)F)nc1)N1CC=C(c2ccccc2)CC1. The number of pyridine rings is 1. The highest BCUT2D eigenvalue weighted by Crippen LogP contribution is 2.23. The number of hydrogen-bond acceptors (Lipinski definition) is 3. The summed E-state index contributed by atoms with van der Waals surface area (Å²) in [6, 6.07) is 12.7. The van der Waals surface area contributed by atoms with E-state index in [1.54, 1.807) is 4.90 Å². The molecule has 2 aromatic rings. The van der Waals surface area contributed by atoms with Crippen LogP contribution in [0.5, 0.6) is 5.88 Å². The first-order valence-electron chi connectivity index (χ1n) is 8.12. The molecule has 1 amide bonds. The summed E-state index contributed by atoms with van der Waals surface area (Å²) in [6.07, 6.45) is -0.418. The van der Waals surface area contributed by atoms with Crippen molar-refractivity contribution in [1.29, 1.82) is 0 Å². The highest BCUT2D eigenvalue weighted by atomic mass is 19.4. The molecule has 0 saturated heterocycles. The van der Waals surface area contributed by atoms with Crippen molar-refractivity contribution in [3.8, 4) is 5.88 Å². The summed E-state index contributed by atoms with van der Waals surface area (Å²) in [4.78, 5) is 18.0. The van der Waals surface area contributed by atoms with E-state index < -0.39 is 12.8 Å². The quantitative estimate of drug-likeness (QED) is 0.827. The van der Waals surface area contributed by atoms with E-state index in [-0.39, 0.29) is 11.8 Å². The van der Waals surface area contributed by atoms with Crippen LogP contribution in [0.4, 0.5) is 13.2 Å². The normalized spacial score (nSPS) is 14.7. The molecule has 26 heavy (non-hydrogen) atoms. The second-order valence-corrected chi connectivity index (χ2v) is 5.89. The van der Waals surface area contributed by atoms with Crippen molar-refractivity contribution in [1.82, 2.24) is 9.88 Å². The number of ether oxygens (including phenoxy) is 1. The Balaban J connectivity index is 1.61. The number of carbonyl (C=O) groups is 1. The monoisotopic (exact) mass is 362 g/mol. The zero-order chi connectivity index (χ0) is 18.6. The van der Waals surface area contributed by atoms with Gasteiger partial charge in [0.05, 0.1) is 5.56 Å². The Kier molecular flexibility index (Phi) is 5.25. The van der Waals surface area contributed by atoms with Gasteiger partial charge in [0.25, 0.3) is 5.91 Å². The number of hydrogen-bond donors (Lipinski definition) is 0. The fourth-order valence-corrected chi connectivity index (χ4v) is 2.70. The van der Waals surface area contributed by atoms with Gasteiger partial charge in [0.1, 0.15) is 0 Å². The maximum absolute atomic E-state index is 12.5. The van der Waals surface area contributed by atoms with E-state index >= 15 is 0 Å². The van der Waals surface area contributed by atoms with Crippen LogP contribution in [0, 0.1) is 0 Å². The zero-order valence-electron chi connectivity index (χ0n) is 13.9. The minimum Gasteiger partial charge on any atom is -0.468 e. The second-order valence-electron chi connectivity index (χ2n) is 5.89. The van der Waals surface area contributed by atoms with Crippen LogP contribution in [-0.2, 0) is 0 Å². The number of carbonyl (C=O) groups excluding carboxylic acids is 1. The van der Waals surface area contributed by atoms with Gasteiger partial charge >= 0.3 is 6.18 Å². The van der Waals surface area contributed by atoms with Crippen LogP contribution >= 0.6 is 0 Å². The van der Waals surface area contributed by atoms with Crippen LogP contribution in [0.2, 0.25) is 0 Å². The highest BCUT2D eigenvalue weighted by molar-refractivity contribution is 5.94. The minimum atomic E-state index is -4.42. The lowest BCUT2D eigenvalue weighted by Gasteiger charge is -2.26. The third-order valence-electron chi connectivity index (χ3n) is 4.01. The van der Waals surface area contributed by atoms with Crippen LogP contribution in [0.3, 0.4) is 0 Å². The van der Waals surface area contributed by atoms with Crippen LogP contribution < -0.4 is 4.74 Å². The van der Waals surface area contributed by atoms with Gasteiger partial charge in [-0.05, 0) is 23.6 Å². The molecule has 3 rings (SSSR count). The summed E-state index contributed by atoms with van der Waals surface area (Å²) in [5.41, 5.74) is 2.66. The van der Waals surface area contributed by atoms with Gasteiger partial charge in [-0.1, -0.05) is 36.4 Å². The van der Waals surface area contributed by atoms with Gasteiger partial charge in [0.2, 0.25) is 5.88 Å². The van der Waals surface area contributed by atoms with Gasteiger partial charge in [0, 0.05) is 25.4 Å². The lowest BCUT2D eigenvalue weighted by atomic mass is 9.99. The Morgan fingerprint density at radius 2 is 1.92 bits per heavy atom. The molecule has 1 aromatic carbocycles. The molecule has 7 heteroatoms. The standard InChI is InChI=1S/C19H17F3N2O2/c20-19(21,22)13-26-17-7-6-16(12-23-17)18(25)24-10-8-15(9-11-24)14-4-2-1-3-5-14/h1-8,12H,9-11,13H2. The molecular weight excluding hydrogens is 345 g/mol. The molecule has 2 heterocycles. The largest absolute Gasteiger partial charge is 0.468 e. The summed E-state index contributed by atoms with van der Waals surface area (Å²) >= 11 is 0. The highest BCUT2D eigenvalue weighted by Gasteiger charge is 2.28. The van der Waals surface area contributed by atoms with Gasteiger partial charge in [-0.3, -0.25) is 4.79 Å². The molecular formula is C19H17F3N2O2. The maximum atomic E-state index is 12.5. The Hall–Kier alpha value is -2.83. The summed E-state index contributed by atoms with van der Waals surface area (Å²) in [5.74, 6) is -0.369. The maximum Gasteiger partial charge on any atom is 0.422 e. The van der Waals surface area contributed by atoms with Gasteiger partial charge in [0.15, 0.2) is 6.61 Å². The number of alkyl halides is 3. The molecule has 136 valence electrons. The number of nitrogens with zero attached hydrogens (tertiary/aromatic N) is 2. The molecule has 0 fully saturated rings. The zero-order valence-corrected chi connectivity index (χ0v) is 13.9. The van der Waals surface area contributed by atoms with E-state index in [9.17, 15) is 18.0 Å². The summed E-state index contributed by atoms with van der Waals surface area (Å²) in [7, 11) is 0. The average Bonchev–Trinajstić information content (AvgIpc) is 2.66. The first-order chi connectivity index (χ1) is 12.4. The fourth-order valence-electron chi connectivity index (χ4n) is 2.70. The Labute approximate surface area is 148 Å². The molecule has 0 radical (unpaired) electrons. The summed E-state index contributed by atoms with van der Waals surface area (Å²) in [6.45, 7) is -0.353. The lowest BCUT2D eigenvalue weighted by Crippen LogP contribution is -2.34. The third-order valence-corrected chi connectivity index (χ3v) is 4.01. The molecule has 0 unspecified atom stereocenters. The van der Waals surface area contributed by atoms with Crippen molar-refractivity contribution in [2.45, 2.75) is 12.6 Å². The lowest BCUT2D eigenvalue weighted by molar-refractivity contribution is -0.154. The molecule has 4 nitrogen and oxygen atoms in total. The molecule has 0 bridgehead atoms. The minimum absolute atomic E-state index is 0.163. The van der Waals surface area contributed by atoms with Gasteiger partial charge in [-0.25, -0.2) is 4.98 Å². The summed E-state index contributed by atoms with van der Waals surface area (Å²) < 4.78 is 40.9. The molecule has 0 atom stereocenters. The number of halogens is 3. The topological polar surface area (TPSA) is 42.4 Å². The van der Waals surface area contributed by atoms with Crippen molar-refractivity contribution < 1.29 is 22.7 Å². The summed E-state index contributed by atoms with van der Waals surface area (Å²) in [5, 5.41) is 0. The van der Waals surface area contributed by atoms with Crippen LogP contribution in [-0.4, -0.2) is 41.7 Å². The van der Waals surface area contributed by atoms with Gasteiger partial charge in [-0.15, -0.1) is 0 Å². The van der Waals surface area contributed by atoms with Crippen molar-refractivity contribution in [2.75, 3.05) is 19.7 Å². The first-order valence-corrected chi connectivity index (χ1v) is 8.12. The molecule has 0 saturated carbocycles. The Morgan fingerprint density at radius 3 is 2.50 bits per heavy atom. The number of rotatable bonds is 4. The van der Waals surface area contributed by atoms with Crippen LogP contribution in [0.25, 0.3) is 5.57 Å². The second kappa shape index (κ2) is 7.59. The first kappa shape index (κ1) is 18.0. The number of benzene rings is 1. The Morgan fingerprint density at radius 1 is 1.15 bits per heavy atom. The molecule has 1 aliphatic heterocycles. The average molecular weight is 362 g/mol. The van der Waals surface area contributed by atoms with Crippen LogP contribution in [0.1, 0.15) is 22.3 Å². The molecule has 0 spiro atoms. The molecule has 1 aliphatic rings. The fraction of sp³-hybridized carbons (Fsp3) is 0.263. The van der Waals surface area contributed by atoms with E-state index in [0.717, 1.165) is 12.0 Å². The van der Waals surface area contributed by atoms with E-state index in [1.165, 1.54) is 23.9 Å². The smallest absolute Gasteiger partial charge is 0.422 e. The molecule has 0 N–H and O–H groups in total. The number of aromatic nitrogens is 1. The van der Waals surface area contributed by atoms with Crippen LogP contribution in [0.15, 0.2) is 54.7 Å². The van der Waals surface area contributed by atoms with Gasteiger partial charge < -0.3 is 9.64 Å². The van der Waals surface area contributed by atoms with Crippen molar-refractivity contribution in [3.05, 3.63) is 65.9 Å². The van der Waals surface area contributed by atoms with E-state index in [4.69, 9.17) is 0 Å². The predicted molar refractivity (Wildman–Crippen MR) is 90.7 cm³/mol. The number of amides is 1. The van der Waals surface area contributed by atoms with Gasteiger partial charge in [-0.2, -0.15) is 13.2 Å². The van der Waals surface area contributed by atoms with Crippen molar-refractivity contribution in [2.24, 2.45) is 0 Å². The van der Waals surface area contributed by atoms with E-state index in [1.807, 2.05) is 36.4 Å². The molecule has 1 aromatic heterocycles. The predicted octanol–water partition coefficient (Wildman–Crippen LogP) is 3.95.